The zero-order valence-corrected chi connectivity index (χ0v) is 18.8. The van der Waals surface area contributed by atoms with Crippen LogP contribution in [-0.4, -0.2) is 19.4 Å². The second kappa shape index (κ2) is 6.10. The minimum absolute atomic E-state index is 0.920. The van der Waals surface area contributed by atoms with Crippen LogP contribution in [0.5, 0.6) is 0 Å². The van der Waals surface area contributed by atoms with Gasteiger partial charge in [0.25, 0.3) is 0 Å². The predicted octanol–water partition coefficient (Wildman–Crippen LogP) is 6.73. The maximum Gasteiger partial charge on any atom is 0.147 e. The van der Waals surface area contributed by atoms with Crippen molar-refractivity contribution in [3.63, 3.8) is 0 Å². The lowest BCUT2D eigenvalue weighted by Crippen LogP contribution is -1.94. The highest BCUT2D eigenvalue weighted by Crippen LogP contribution is 2.47. The van der Waals surface area contributed by atoms with E-state index in [1.165, 1.54) is 50.0 Å². The van der Waals surface area contributed by atoms with Crippen molar-refractivity contribution in [2.45, 2.75) is 12.8 Å². The van der Waals surface area contributed by atoms with Gasteiger partial charge in [-0.05, 0) is 86.6 Å². The topological polar surface area (TPSA) is 43.1 Å². The van der Waals surface area contributed by atoms with Gasteiger partial charge in [-0.25, -0.2) is 4.98 Å². The molecule has 0 unspecified atom stereocenters. The lowest BCUT2D eigenvalue weighted by atomic mass is 9.98. The van der Waals surface area contributed by atoms with E-state index in [1.807, 2.05) is 24.8 Å². The average molecular weight is 447 g/mol. The number of fused-ring (bicyclic) bond motifs is 15. The van der Waals surface area contributed by atoms with Crippen molar-refractivity contribution in [1.82, 2.24) is 19.4 Å². The Morgan fingerprint density at radius 3 is 2.37 bits per heavy atom. The molecule has 0 saturated carbocycles. The molecule has 4 heterocycles. The first kappa shape index (κ1) is 17.8. The fraction of sp³-hybridized carbons (Fsp3) is 0.0645. The van der Waals surface area contributed by atoms with Crippen molar-refractivity contribution in [2.24, 2.45) is 0 Å². The van der Waals surface area contributed by atoms with Crippen LogP contribution in [0.1, 0.15) is 22.3 Å². The second-order valence-corrected chi connectivity index (χ2v) is 9.72. The fourth-order valence-electron chi connectivity index (χ4n) is 6.49. The van der Waals surface area contributed by atoms with Gasteiger partial charge in [-0.1, -0.05) is 30.3 Å². The number of rotatable bonds is 0. The molecule has 0 atom stereocenters. The summed E-state index contributed by atoms with van der Waals surface area (Å²) < 4.78 is 2.34. The number of pyridine rings is 3. The molecule has 3 aromatic carbocycles. The van der Waals surface area contributed by atoms with Gasteiger partial charge in [-0.2, -0.15) is 0 Å². The fourth-order valence-corrected chi connectivity index (χ4v) is 6.49. The van der Waals surface area contributed by atoms with Gasteiger partial charge in [0.05, 0.1) is 16.6 Å². The quantitative estimate of drug-likeness (QED) is 0.243. The molecule has 0 saturated heterocycles. The van der Waals surface area contributed by atoms with Crippen molar-refractivity contribution >= 4 is 38.4 Å². The Hall–Kier alpha value is -4.57. The van der Waals surface area contributed by atoms with E-state index in [0.29, 0.717) is 0 Å². The molecule has 0 fully saturated rings. The van der Waals surface area contributed by atoms with E-state index in [-0.39, 0.29) is 0 Å². The Morgan fingerprint density at radius 2 is 1.43 bits per heavy atom. The van der Waals surface area contributed by atoms with E-state index >= 15 is 0 Å². The second-order valence-electron chi connectivity index (χ2n) is 9.72. The van der Waals surface area contributed by atoms with E-state index in [0.717, 1.165) is 45.7 Å². The monoisotopic (exact) mass is 446 g/mol. The molecule has 9 rings (SSSR count). The summed E-state index contributed by atoms with van der Waals surface area (Å²) in [5, 5.41) is 3.32. The van der Waals surface area contributed by atoms with Crippen LogP contribution in [0.4, 0.5) is 0 Å². The van der Waals surface area contributed by atoms with Crippen LogP contribution in [0.15, 0.2) is 85.5 Å². The van der Waals surface area contributed by atoms with Crippen LogP contribution < -0.4 is 0 Å². The van der Waals surface area contributed by atoms with Crippen LogP contribution in [-0.2, 0) is 12.8 Å². The standard InChI is InChI=1S/C31H18N4/c1-2-4-20-17(3-1)11-18-12-24-19(13-23(18)20)14-25-21(24)5-6-28-30(25)35-29-8-10-33-15-26(29)22-7-9-32-16-27(22)31(35)34-28/h1-10,12-13,15-16H,11,14H2. The molecular formula is C31H18N4. The first-order chi connectivity index (χ1) is 17.3. The smallest absolute Gasteiger partial charge is 0.147 e. The van der Waals surface area contributed by atoms with Crippen LogP contribution in [0.25, 0.3) is 60.6 Å². The minimum Gasteiger partial charge on any atom is -0.291 e. The maximum absolute atomic E-state index is 5.13. The average Bonchev–Trinajstić information content (AvgIpc) is 3.58. The molecule has 2 aliphatic carbocycles. The lowest BCUT2D eigenvalue weighted by molar-refractivity contribution is 1.22. The summed E-state index contributed by atoms with van der Waals surface area (Å²) in [6.07, 6.45) is 9.55. The Kier molecular flexibility index (Phi) is 3.11. The molecule has 35 heavy (non-hydrogen) atoms. The summed E-state index contributed by atoms with van der Waals surface area (Å²) in [6.45, 7) is 0. The summed E-state index contributed by atoms with van der Waals surface area (Å²) in [5.41, 5.74) is 15.5. The Bertz CT molecular complexity index is 2070. The van der Waals surface area contributed by atoms with E-state index in [1.54, 1.807) is 0 Å². The zero-order valence-electron chi connectivity index (χ0n) is 18.8. The largest absolute Gasteiger partial charge is 0.291 e. The van der Waals surface area contributed by atoms with E-state index in [4.69, 9.17) is 4.98 Å². The molecule has 4 aromatic heterocycles. The van der Waals surface area contributed by atoms with Gasteiger partial charge in [0.1, 0.15) is 5.65 Å². The van der Waals surface area contributed by atoms with E-state index in [2.05, 4.69) is 75.0 Å². The lowest BCUT2D eigenvalue weighted by Gasteiger charge is -2.09. The molecule has 0 amide bonds. The van der Waals surface area contributed by atoms with Gasteiger partial charge in [0.15, 0.2) is 0 Å². The number of nitrogens with zero attached hydrogens (tertiary/aromatic N) is 4. The summed E-state index contributed by atoms with van der Waals surface area (Å²) in [5.74, 6) is 0. The molecule has 0 bridgehead atoms. The van der Waals surface area contributed by atoms with E-state index < -0.39 is 0 Å². The number of hydrogen-bond acceptors (Lipinski definition) is 3. The molecular weight excluding hydrogens is 428 g/mol. The maximum atomic E-state index is 5.13. The molecule has 0 radical (unpaired) electrons. The predicted molar refractivity (Wildman–Crippen MR) is 140 cm³/mol. The summed E-state index contributed by atoms with van der Waals surface area (Å²) in [6, 6.07) is 22.3. The normalized spacial score (nSPS) is 13.5. The van der Waals surface area contributed by atoms with E-state index in [9.17, 15) is 0 Å². The first-order valence-electron chi connectivity index (χ1n) is 12.0. The van der Waals surface area contributed by atoms with Gasteiger partial charge < -0.3 is 0 Å². The van der Waals surface area contributed by atoms with Crippen LogP contribution >= 0.6 is 0 Å². The van der Waals surface area contributed by atoms with Crippen LogP contribution in [0.3, 0.4) is 0 Å². The van der Waals surface area contributed by atoms with Gasteiger partial charge in [-0.15, -0.1) is 0 Å². The SMILES string of the molecule is c1ccc2c(c1)Cc1cc3c(cc1-2)Cc1c-3ccc2nc3c4cnccc4c4cnccc4n3c12. The molecule has 0 spiro atoms. The van der Waals surface area contributed by atoms with Crippen LogP contribution in [0.2, 0.25) is 0 Å². The van der Waals surface area contributed by atoms with Crippen molar-refractivity contribution in [3.8, 4) is 22.3 Å². The van der Waals surface area contributed by atoms with Gasteiger partial charge >= 0.3 is 0 Å². The third-order valence-corrected chi connectivity index (χ3v) is 7.99. The van der Waals surface area contributed by atoms with Crippen molar-refractivity contribution in [3.05, 3.63) is 108 Å². The Labute approximate surface area is 200 Å². The highest BCUT2D eigenvalue weighted by atomic mass is 15.0. The molecule has 2 aliphatic rings. The molecule has 4 nitrogen and oxygen atoms in total. The van der Waals surface area contributed by atoms with Crippen molar-refractivity contribution in [1.29, 1.82) is 0 Å². The number of aromatic nitrogens is 4. The number of benzene rings is 3. The summed E-state index contributed by atoms with van der Waals surface area (Å²) in [4.78, 5) is 14.0. The molecule has 7 aromatic rings. The molecule has 162 valence electrons. The highest BCUT2D eigenvalue weighted by molar-refractivity contribution is 6.13. The van der Waals surface area contributed by atoms with Crippen molar-refractivity contribution < 1.29 is 0 Å². The Morgan fingerprint density at radius 1 is 0.629 bits per heavy atom. The zero-order chi connectivity index (χ0) is 22.7. The third kappa shape index (κ3) is 2.15. The Balaban J connectivity index is 1.38. The molecule has 0 aliphatic heterocycles. The third-order valence-electron chi connectivity index (χ3n) is 7.99. The highest BCUT2D eigenvalue weighted by Gasteiger charge is 2.28. The summed E-state index contributed by atoms with van der Waals surface area (Å²) >= 11 is 0. The molecule has 0 N–H and O–H groups in total. The van der Waals surface area contributed by atoms with Crippen molar-refractivity contribution in [2.75, 3.05) is 0 Å². The first-order valence-corrected chi connectivity index (χ1v) is 12.0. The van der Waals surface area contributed by atoms with Gasteiger partial charge in [-0.3, -0.25) is 14.4 Å². The number of imidazole rings is 1. The molecule has 4 heteroatoms. The van der Waals surface area contributed by atoms with Gasteiger partial charge in [0, 0.05) is 42.0 Å². The van der Waals surface area contributed by atoms with Gasteiger partial charge in [0.2, 0.25) is 0 Å². The summed E-state index contributed by atoms with van der Waals surface area (Å²) in [7, 11) is 0. The van der Waals surface area contributed by atoms with Crippen LogP contribution in [0, 0.1) is 0 Å². The minimum atomic E-state index is 0.920. The number of hydrogen-bond donors (Lipinski definition) is 0.